The predicted molar refractivity (Wildman–Crippen MR) is 218 cm³/mol. The molecule has 10 rings (SSSR count). The first kappa shape index (κ1) is 31.5. The quantitative estimate of drug-likeness (QED) is 0.144. The third-order valence-electron chi connectivity index (χ3n) is 10.7. The van der Waals surface area contributed by atoms with Crippen LogP contribution in [0.5, 0.6) is 5.75 Å². The van der Waals surface area contributed by atoms with Crippen LogP contribution in [-0.4, -0.2) is 12.8 Å². The third kappa shape index (κ3) is 5.23. The Morgan fingerprint density at radius 2 is 0.962 bits per heavy atom. The van der Waals surface area contributed by atoms with Crippen LogP contribution in [0, 0.1) is 5.41 Å². The molecule has 2 unspecified atom stereocenters. The highest BCUT2D eigenvalue weighted by atomic mass is 16.5. The number of hydrogen-bond acceptors (Lipinski definition) is 2. The van der Waals surface area contributed by atoms with Crippen molar-refractivity contribution in [1.29, 1.82) is 5.41 Å². The molecule has 2 aliphatic rings. The molecule has 0 saturated heterocycles. The number of ether oxygens (including phenoxy) is 1. The maximum absolute atomic E-state index is 6.89. The zero-order valence-corrected chi connectivity index (χ0v) is 28.7. The minimum atomic E-state index is -0.114. The van der Waals surface area contributed by atoms with Crippen molar-refractivity contribution in [2.24, 2.45) is 0 Å². The second-order valence-corrected chi connectivity index (χ2v) is 13.5. The van der Waals surface area contributed by atoms with Gasteiger partial charge in [-0.2, -0.15) is 0 Å². The Morgan fingerprint density at radius 1 is 0.462 bits per heavy atom. The van der Waals surface area contributed by atoms with Crippen molar-refractivity contribution in [2.75, 3.05) is 0 Å². The fraction of sp³-hybridized carbons (Fsp3) is 0.0600. The minimum absolute atomic E-state index is 0.0402. The first-order chi connectivity index (χ1) is 25.8. The van der Waals surface area contributed by atoms with Gasteiger partial charge < -0.3 is 10.1 Å². The van der Waals surface area contributed by atoms with Crippen LogP contribution < -0.4 is 15.2 Å². The van der Waals surface area contributed by atoms with Gasteiger partial charge in [0.05, 0.1) is 5.92 Å². The van der Waals surface area contributed by atoms with E-state index in [-0.39, 0.29) is 17.9 Å². The molecule has 52 heavy (non-hydrogen) atoms. The van der Waals surface area contributed by atoms with Crippen LogP contribution in [0.25, 0.3) is 55.4 Å². The molecular weight excluding hydrogens is 631 g/mol. The fourth-order valence-corrected chi connectivity index (χ4v) is 8.62. The Labute approximate surface area is 304 Å². The number of nitrogens with one attached hydrogen (secondary N) is 1. The van der Waals surface area contributed by atoms with E-state index in [1.807, 2.05) is 0 Å². The highest BCUT2D eigenvalue weighted by Gasteiger charge is 2.42. The van der Waals surface area contributed by atoms with Crippen molar-refractivity contribution < 1.29 is 4.74 Å². The molecule has 0 saturated carbocycles. The Morgan fingerprint density at radius 3 is 1.60 bits per heavy atom. The number of rotatable bonds is 5. The molecule has 1 aliphatic carbocycles. The van der Waals surface area contributed by atoms with Crippen molar-refractivity contribution in [1.82, 2.24) is 0 Å². The average molecular weight is 668 g/mol. The summed E-state index contributed by atoms with van der Waals surface area (Å²) in [6.45, 7) is 2.50. The lowest BCUT2D eigenvalue weighted by molar-refractivity contribution is 0.285. The Bertz CT molecular complexity index is 2640. The second-order valence-electron chi connectivity index (χ2n) is 13.5. The maximum atomic E-state index is 6.89. The van der Waals surface area contributed by atoms with E-state index in [9.17, 15) is 0 Å². The monoisotopic (exact) mass is 667 g/mol. The summed E-state index contributed by atoms with van der Waals surface area (Å²) in [5.41, 5.74) is 10.1. The molecular formula is C50H37NO. The summed E-state index contributed by atoms with van der Waals surface area (Å²) >= 11 is 0. The van der Waals surface area contributed by atoms with Crippen LogP contribution in [0.4, 0.5) is 0 Å². The molecule has 3 atom stereocenters. The average Bonchev–Trinajstić information content (AvgIpc) is 3.61. The van der Waals surface area contributed by atoms with Crippen LogP contribution >= 0.6 is 0 Å². The Kier molecular flexibility index (Phi) is 8.06. The minimum Gasteiger partial charge on any atom is -0.485 e. The summed E-state index contributed by atoms with van der Waals surface area (Å²) < 4.78 is 6.89. The van der Waals surface area contributed by atoms with Gasteiger partial charge in [0.15, 0.2) is 0 Å². The molecule has 2 nitrogen and oxygen atoms in total. The van der Waals surface area contributed by atoms with E-state index >= 15 is 0 Å². The maximum Gasteiger partial charge on any atom is 0.129 e. The van der Waals surface area contributed by atoms with Gasteiger partial charge >= 0.3 is 0 Å². The summed E-state index contributed by atoms with van der Waals surface area (Å²) in [7, 11) is 0. The van der Waals surface area contributed by atoms with Gasteiger partial charge in [-0.05, 0) is 95.9 Å². The number of fused-ring (bicyclic) bond motifs is 9. The number of hydrogen-bond donors (Lipinski definition) is 1. The molecule has 0 aromatic heterocycles. The molecule has 0 bridgehead atoms. The lowest BCUT2D eigenvalue weighted by atomic mass is 9.70. The third-order valence-corrected chi connectivity index (χ3v) is 10.7. The topological polar surface area (TPSA) is 33.1 Å². The molecule has 8 aromatic rings. The van der Waals surface area contributed by atoms with E-state index in [4.69, 9.17) is 10.1 Å². The predicted octanol–water partition coefficient (Wildman–Crippen LogP) is 10.9. The molecule has 1 N–H and O–H groups in total. The van der Waals surface area contributed by atoms with Gasteiger partial charge in [-0.15, -0.1) is 0 Å². The van der Waals surface area contributed by atoms with Crippen LogP contribution in [0.3, 0.4) is 0 Å². The van der Waals surface area contributed by atoms with Gasteiger partial charge in [-0.3, -0.25) is 0 Å². The summed E-state index contributed by atoms with van der Waals surface area (Å²) in [6, 6.07) is 66.5. The Balaban J connectivity index is 0.00000177. The van der Waals surface area contributed by atoms with Crippen LogP contribution in [0.1, 0.15) is 28.5 Å². The number of para-hydroxylation sites is 1. The standard InChI is InChI=1S/C49H34O.CH3N/c1-4-16-32(17-5-1)35-28-36(33-18-6-2-7-19-33)30-37(29-35)46(34-20-8-3-9-21-34)49-47-41-25-13-12-23-39(41)38-22-10-11-24-40(38)43(47)31-45-48(49)42-26-14-15-27-44(42)50-45;1-2/h1-31,45-46,48H;2H,1H2/t45-,46?,48?;/m1./s1. The summed E-state index contributed by atoms with van der Waals surface area (Å²) in [6.07, 6.45) is 2.30. The van der Waals surface area contributed by atoms with E-state index in [0.29, 0.717) is 0 Å². The van der Waals surface area contributed by atoms with Crippen molar-refractivity contribution >= 4 is 39.9 Å². The zero-order chi connectivity index (χ0) is 35.0. The fourth-order valence-electron chi connectivity index (χ4n) is 8.62. The molecule has 2 heteroatoms. The lowest BCUT2D eigenvalue weighted by Crippen LogP contribution is -2.41. The summed E-state index contributed by atoms with van der Waals surface area (Å²) in [4.78, 5) is 0. The largest absolute Gasteiger partial charge is 0.485 e. The molecule has 0 fully saturated rings. The van der Waals surface area contributed by atoms with Gasteiger partial charge in [0.25, 0.3) is 0 Å². The first-order valence-corrected chi connectivity index (χ1v) is 17.9. The van der Waals surface area contributed by atoms with Crippen molar-refractivity contribution in [3.63, 3.8) is 0 Å². The first-order valence-electron chi connectivity index (χ1n) is 17.9. The van der Waals surface area contributed by atoms with Gasteiger partial charge in [0, 0.05) is 11.5 Å². The molecule has 0 amide bonds. The Hall–Kier alpha value is -6.51. The molecule has 248 valence electrons. The molecule has 1 aliphatic heterocycles. The summed E-state index contributed by atoms with van der Waals surface area (Å²) in [5, 5.41) is 13.2. The SMILES string of the molecule is C1=c2c(c3ccccc3c3ccccc23)=C(C(c2ccccc2)c2cc(-c3ccccc3)cc(-c3ccccc3)c2)C2c3ccccc3O[C@H]12.C=N. The second kappa shape index (κ2) is 13.3. The van der Waals surface area contributed by atoms with Gasteiger partial charge in [-0.25, -0.2) is 0 Å². The van der Waals surface area contributed by atoms with Crippen LogP contribution in [0.15, 0.2) is 182 Å². The highest BCUT2D eigenvalue weighted by molar-refractivity contribution is 6.09. The van der Waals surface area contributed by atoms with E-state index in [1.54, 1.807) is 0 Å². The normalized spacial score (nSPS) is 16.0. The van der Waals surface area contributed by atoms with Crippen molar-refractivity contribution in [3.8, 4) is 28.0 Å². The molecule has 8 aromatic carbocycles. The molecule has 0 spiro atoms. The van der Waals surface area contributed by atoms with Crippen LogP contribution in [0.2, 0.25) is 0 Å². The van der Waals surface area contributed by atoms with E-state index < -0.39 is 0 Å². The smallest absolute Gasteiger partial charge is 0.129 e. The van der Waals surface area contributed by atoms with E-state index in [0.717, 1.165) is 5.75 Å². The van der Waals surface area contributed by atoms with Crippen molar-refractivity contribution in [2.45, 2.75) is 17.9 Å². The molecule has 0 radical (unpaired) electrons. The van der Waals surface area contributed by atoms with Gasteiger partial charge in [0.2, 0.25) is 0 Å². The number of benzene rings is 8. The van der Waals surface area contributed by atoms with E-state index in [1.165, 1.54) is 76.5 Å². The molecule has 1 heterocycles. The van der Waals surface area contributed by atoms with Crippen LogP contribution in [-0.2, 0) is 0 Å². The van der Waals surface area contributed by atoms with E-state index in [2.05, 4.69) is 195 Å². The zero-order valence-electron chi connectivity index (χ0n) is 28.7. The van der Waals surface area contributed by atoms with Gasteiger partial charge in [-0.1, -0.05) is 170 Å². The highest BCUT2D eigenvalue weighted by Crippen LogP contribution is 2.51. The lowest BCUT2D eigenvalue weighted by Gasteiger charge is -2.32. The van der Waals surface area contributed by atoms with Gasteiger partial charge in [0.1, 0.15) is 11.9 Å². The summed E-state index contributed by atoms with van der Waals surface area (Å²) in [5.74, 6) is 0.989. The van der Waals surface area contributed by atoms with Crippen molar-refractivity contribution in [3.05, 3.63) is 209 Å².